The summed E-state index contributed by atoms with van der Waals surface area (Å²) in [6.45, 7) is 0. The van der Waals surface area contributed by atoms with Crippen molar-refractivity contribution >= 4 is 37.1 Å². The molecule has 0 radical (unpaired) electrons. The summed E-state index contributed by atoms with van der Waals surface area (Å²) < 4.78 is 52.1. The van der Waals surface area contributed by atoms with E-state index in [1.54, 1.807) is 23.2 Å². The monoisotopic (exact) mass is 415 g/mol. The van der Waals surface area contributed by atoms with Gasteiger partial charge in [-0.3, -0.25) is 4.79 Å². The van der Waals surface area contributed by atoms with Gasteiger partial charge in [-0.05, 0) is 24.6 Å². The second-order valence-electron chi connectivity index (χ2n) is 5.96. The minimum Gasteiger partial charge on any atom is -0.327 e. The zero-order valence-corrected chi connectivity index (χ0v) is 16.3. The zero-order valence-electron chi connectivity index (χ0n) is 13.8. The lowest BCUT2D eigenvalue weighted by Gasteiger charge is -2.12. The number of rotatable bonds is 4. The van der Waals surface area contributed by atoms with Crippen molar-refractivity contribution in [3.05, 3.63) is 46.2 Å². The normalized spacial score (nSPS) is 20.3. The van der Waals surface area contributed by atoms with Crippen molar-refractivity contribution in [1.82, 2.24) is 9.29 Å². The molecule has 0 saturated carbocycles. The van der Waals surface area contributed by atoms with Crippen LogP contribution in [-0.2, 0) is 26.9 Å². The summed E-state index contributed by atoms with van der Waals surface area (Å²) in [6.07, 6.45) is 2.00. The van der Waals surface area contributed by atoms with Crippen molar-refractivity contribution < 1.29 is 21.6 Å². The van der Waals surface area contributed by atoms with E-state index in [2.05, 4.69) is 9.71 Å². The van der Waals surface area contributed by atoms with Crippen LogP contribution in [0.1, 0.15) is 16.8 Å². The molecule has 8 nitrogen and oxygen atoms in total. The number of sulfone groups is 1. The van der Waals surface area contributed by atoms with Gasteiger partial charge < -0.3 is 4.57 Å². The van der Waals surface area contributed by atoms with Crippen LogP contribution in [0.2, 0.25) is 0 Å². The molecule has 0 aliphatic carbocycles. The van der Waals surface area contributed by atoms with Gasteiger partial charge in [0.05, 0.1) is 16.4 Å². The van der Waals surface area contributed by atoms with Crippen LogP contribution < -0.4 is 9.52 Å². The van der Waals surface area contributed by atoms with Crippen LogP contribution in [0.4, 0.5) is 0 Å². The molecule has 1 aliphatic rings. The average Bonchev–Trinajstić information content (AvgIpc) is 3.12. The molecule has 1 atom stereocenters. The number of aromatic nitrogens is 1. The molecule has 0 spiro atoms. The predicted octanol–water partition coefficient (Wildman–Crippen LogP) is 0.293. The van der Waals surface area contributed by atoms with Gasteiger partial charge in [0.15, 0.2) is 14.6 Å². The number of aryl methyl sites for hydroxylation is 1. The Hall–Kier alpha value is -1.82. The third kappa shape index (κ3) is 4.29. The first kappa shape index (κ1) is 19.0. The Morgan fingerprint density at radius 2 is 2.15 bits per heavy atom. The highest BCUT2D eigenvalue weighted by Gasteiger charge is 2.31. The van der Waals surface area contributed by atoms with Crippen LogP contribution in [0.25, 0.3) is 0 Å². The maximum atomic E-state index is 12.5. The molecule has 1 aromatic heterocycles. The fourth-order valence-electron chi connectivity index (χ4n) is 2.56. The van der Waals surface area contributed by atoms with Crippen LogP contribution in [0.3, 0.4) is 0 Å². The quantitative estimate of drug-likeness (QED) is 0.771. The van der Waals surface area contributed by atoms with Crippen LogP contribution in [0, 0.1) is 0 Å². The van der Waals surface area contributed by atoms with Gasteiger partial charge in [0.25, 0.3) is 5.91 Å². The van der Waals surface area contributed by atoms with Crippen molar-refractivity contribution in [3.63, 3.8) is 0 Å². The summed E-state index contributed by atoms with van der Waals surface area (Å²) >= 11 is 1.29. The van der Waals surface area contributed by atoms with Gasteiger partial charge in [0.2, 0.25) is 10.0 Å². The standard InChI is InChI=1S/C15H17N3O5S3/c1-18-6-7-24-15(18)16-14(19)11-3-2-4-13(9-11)26(22,23)17-12-5-8-25(20,21)10-12/h2-4,6-7,9,12,17H,5,8,10H2,1H3/t12-/m1/s1. The van der Waals surface area contributed by atoms with Crippen molar-refractivity contribution in [2.75, 3.05) is 11.5 Å². The van der Waals surface area contributed by atoms with E-state index >= 15 is 0 Å². The molecule has 1 saturated heterocycles. The number of carbonyl (C=O) groups excluding carboxylic acids is 1. The second kappa shape index (κ2) is 7.06. The SMILES string of the molecule is Cn1ccsc1=NC(=O)c1cccc(S(=O)(=O)N[C@@H]2CCS(=O)(=O)C2)c1. The third-order valence-electron chi connectivity index (χ3n) is 3.90. The number of carbonyl (C=O) groups is 1. The van der Waals surface area contributed by atoms with Gasteiger partial charge in [-0.25, -0.2) is 21.6 Å². The van der Waals surface area contributed by atoms with E-state index in [1.165, 1.54) is 35.6 Å². The molecule has 1 aliphatic heterocycles. The average molecular weight is 416 g/mol. The van der Waals surface area contributed by atoms with Crippen LogP contribution >= 0.6 is 11.3 Å². The van der Waals surface area contributed by atoms with E-state index < -0.39 is 31.8 Å². The fourth-order valence-corrected chi connectivity index (χ4v) is 6.38. The van der Waals surface area contributed by atoms with E-state index in [-0.39, 0.29) is 28.4 Å². The lowest BCUT2D eigenvalue weighted by molar-refractivity contribution is 0.0997. The Labute approximate surface area is 155 Å². The second-order valence-corrected chi connectivity index (χ2v) is 10.8. The molecule has 3 rings (SSSR count). The highest BCUT2D eigenvalue weighted by Crippen LogP contribution is 2.17. The first-order valence-electron chi connectivity index (χ1n) is 7.68. The molecule has 1 aromatic carbocycles. The highest BCUT2D eigenvalue weighted by atomic mass is 32.2. The molecule has 0 unspecified atom stereocenters. The number of sulfonamides is 1. The Morgan fingerprint density at radius 1 is 1.38 bits per heavy atom. The molecule has 0 bridgehead atoms. The van der Waals surface area contributed by atoms with Crippen LogP contribution in [0.15, 0.2) is 45.7 Å². The summed E-state index contributed by atoms with van der Waals surface area (Å²) in [5.41, 5.74) is 0.139. The third-order valence-corrected chi connectivity index (χ3v) is 8.04. The van der Waals surface area contributed by atoms with Crippen molar-refractivity contribution in [3.8, 4) is 0 Å². The summed E-state index contributed by atoms with van der Waals surface area (Å²) in [6, 6.07) is 4.88. The molecule has 1 fully saturated rings. The Bertz CT molecular complexity index is 1110. The van der Waals surface area contributed by atoms with Crippen LogP contribution in [0.5, 0.6) is 0 Å². The van der Waals surface area contributed by atoms with E-state index in [0.717, 1.165) is 0 Å². The van der Waals surface area contributed by atoms with E-state index in [9.17, 15) is 21.6 Å². The molecular formula is C15H17N3O5S3. The van der Waals surface area contributed by atoms with Gasteiger partial charge in [-0.2, -0.15) is 4.99 Å². The van der Waals surface area contributed by atoms with Gasteiger partial charge in [-0.1, -0.05) is 6.07 Å². The number of hydrogen-bond donors (Lipinski definition) is 1. The zero-order chi connectivity index (χ0) is 18.9. The van der Waals surface area contributed by atoms with Gasteiger partial charge in [0.1, 0.15) is 0 Å². The molecule has 2 heterocycles. The highest BCUT2D eigenvalue weighted by molar-refractivity contribution is 7.92. The predicted molar refractivity (Wildman–Crippen MR) is 97.0 cm³/mol. The summed E-state index contributed by atoms with van der Waals surface area (Å²) in [7, 11) is -5.38. The summed E-state index contributed by atoms with van der Waals surface area (Å²) in [5, 5.41) is 1.78. The topological polar surface area (TPSA) is 115 Å². The number of hydrogen-bond acceptors (Lipinski definition) is 6. The molecule has 2 aromatic rings. The van der Waals surface area contributed by atoms with Crippen molar-refractivity contribution in [1.29, 1.82) is 0 Å². The van der Waals surface area contributed by atoms with Crippen molar-refractivity contribution in [2.24, 2.45) is 12.0 Å². The van der Waals surface area contributed by atoms with E-state index in [1.807, 2.05) is 0 Å². The summed E-state index contributed by atoms with van der Waals surface area (Å²) in [5.74, 6) is -0.798. The molecule has 26 heavy (non-hydrogen) atoms. The first-order chi connectivity index (χ1) is 12.2. The number of nitrogens with zero attached hydrogens (tertiary/aromatic N) is 2. The maximum absolute atomic E-state index is 12.5. The molecule has 11 heteroatoms. The maximum Gasteiger partial charge on any atom is 0.279 e. The Balaban J connectivity index is 1.85. The number of thiazole rings is 1. The Morgan fingerprint density at radius 3 is 2.77 bits per heavy atom. The van der Waals surface area contributed by atoms with Crippen LogP contribution in [-0.4, -0.2) is 44.9 Å². The van der Waals surface area contributed by atoms with E-state index in [0.29, 0.717) is 4.80 Å². The minimum atomic E-state index is -3.93. The summed E-state index contributed by atoms with van der Waals surface area (Å²) in [4.78, 5) is 16.7. The largest absolute Gasteiger partial charge is 0.327 e. The molecule has 1 N–H and O–H groups in total. The van der Waals surface area contributed by atoms with Gasteiger partial charge in [-0.15, -0.1) is 11.3 Å². The fraction of sp³-hybridized carbons (Fsp3) is 0.333. The molecule has 140 valence electrons. The number of benzene rings is 1. The Kier molecular flexibility index (Phi) is 5.15. The van der Waals surface area contributed by atoms with Gasteiger partial charge >= 0.3 is 0 Å². The first-order valence-corrected chi connectivity index (χ1v) is 11.9. The number of amides is 1. The minimum absolute atomic E-state index is 0.0323. The molecular weight excluding hydrogens is 398 g/mol. The molecule has 1 amide bonds. The number of nitrogens with one attached hydrogen (secondary N) is 1. The smallest absolute Gasteiger partial charge is 0.279 e. The van der Waals surface area contributed by atoms with E-state index in [4.69, 9.17) is 0 Å². The lowest BCUT2D eigenvalue weighted by Crippen LogP contribution is -2.35. The lowest BCUT2D eigenvalue weighted by atomic mass is 10.2. The van der Waals surface area contributed by atoms with Crippen molar-refractivity contribution in [2.45, 2.75) is 17.4 Å². The van der Waals surface area contributed by atoms with Gasteiger partial charge in [0, 0.05) is 30.2 Å².